The van der Waals surface area contributed by atoms with Gasteiger partial charge in [0.25, 0.3) is 5.56 Å². The van der Waals surface area contributed by atoms with Crippen molar-refractivity contribution in [2.24, 2.45) is 0 Å². The topological polar surface area (TPSA) is 61.2 Å². The lowest BCUT2D eigenvalue weighted by Crippen LogP contribution is -2.25. The summed E-state index contributed by atoms with van der Waals surface area (Å²) in [6, 6.07) is 18.8. The molecule has 150 valence electrons. The van der Waals surface area contributed by atoms with E-state index < -0.39 is 23.3 Å². The molecule has 0 bridgehead atoms. The van der Waals surface area contributed by atoms with Gasteiger partial charge in [-0.2, -0.15) is 23.0 Å². The van der Waals surface area contributed by atoms with Crippen LogP contribution in [-0.4, -0.2) is 15.7 Å². The van der Waals surface area contributed by atoms with E-state index in [1.807, 2.05) is 0 Å². The SMILES string of the molecule is O=C(Oc1cccc(C(F)(F)F)c1)c1nn(-c2ccccc2)c(=O)c2ccccc12. The zero-order valence-corrected chi connectivity index (χ0v) is 15.3. The molecule has 1 aromatic heterocycles. The van der Waals surface area contributed by atoms with Crippen molar-refractivity contribution in [2.75, 3.05) is 0 Å². The van der Waals surface area contributed by atoms with Gasteiger partial charge in [0.2, 0.25) is 0 Å². The highest BCUT2D eigenvalue weighted by molar-refractivity contribution is 6.03. The second-order valence-electron chi connectivity index (χ2n) is 6.36. The number of carbonyl (C=O) groups excluding carboxylic acids is 1. The number of hydrogen-bond acceptors (Lipinski definition) is 4. The number of esters is 1. The summed E-state index contributed by atoms with van der Waals surface area (Å²) in [6.45, 7) is 0. The molecule has 4 aromatic rings. The minimum atomic E-state index is -4.58. The van der Waals surface area contributed by atoms with E-state index in [-0.39, 0.29) is 22.2 Å². The Balaban J connectivity index is 1.82. The minimum absolute atomic E-state index is 0.188. The van der Waals surface area contributed by atoms with Crippen molar-refractivity contribution < 1.29 is 22.7 Å². The molecule has 0 radical (unpaired) electrons. The predicted octanol–water partition coefficient (Wildman–Crippen LogP) is 4.62. The van der Waals surface area contributed by atoms with Crippen LogP contribution in [0.25, 0.3) is 16.5 Å². The third kappa shape index (κ3) is 3.67. The van der Waals surface area contributed by atoms with Gasteiger partial charge in [-0.1, -0.05) is 42.5 Å². The van der Waals surface area contributed by atoms with Crippen LogP contribution < -0.4 is 10.3 Å². The zero-order chi connectivity index (χ0) is 21.3. The van der Waals surface area contributed by atoms with Gasteiger partial charge in [-0.25, -0.2) is 4.79 Å². The molecular weight excluding hydrogens is 397 g/mol. The number of alkyl halides is 3. The Kier molecular flexibility index (Phi) is 4.83. The van der Waals surface area contributed by atoms with E-state index >= 15 is 0 Å². The molecule has 0 atom stereocenters. The number of para-hydroxylation sites is 1. The molecule has 0 saturated heterocycles. The number of ether oxygens (including phenoxy) is 1. The van der Waals surface area contributed by atoms with Gasteiger partial charge in [0.15, 0.2) is 5.69 Å². The molecule has 1 heterocycles. The summed E-state index contributed by atoms with van der Waals surface area (Å²) >= 11 is 0. The number of carbonyl (C=O) groups is 1. The summed E-state index contributed by atoms with van der Waals surface area (Å²) < 4.78 is 45.0. The Morgan fingerprint density at radius 2 is 1.53 bits per heavy atom. The third-order valence-corrected chi connectivity index (χ3v) is 4.37. The average Bonchev–Trinajstić information content (AvgIpc) is 2.74. The first-order chi connectivity index (χ1) is 14.3. The second-order valence-corrected chi connectivity index (χ2v) is 6.36. The Hall–Kier alpha value is -3.94. The van der Waals surface area contributed by atoms with Crippen molar-refractivity contribution in [1.29, 1.82) is 0 Å². The molecular formula is C22H13F3N2O3. The number of benzene rings is 3. The maximum Gasteiger partial charge on any atom is 0.416 e. The summed E-state index contributed by atoms with van der Waals surface area (Å²) in [7, 11) is 0. The first-order valence-corrected chi connectivity index (χ1v) is 8.81. The first kappa shape index (κ1) is 19.4. The van der Waals surface area contributed by atoms with E-state index in [1.165, 1.54) is 12.1 Å². The lowest BCUT2D eigenvalue weighted by Gasteiger charge is -2.12. The molecule has 0 aliphatic rings. The molecule has 30 heavy (non-hydrogen) atoms. The number of rotatable bonds is 3. The average molecular weight is 410 g/mol. The van der Waals surface area contributed by atoms with E-state index in [0.717, 1.165) is 22.9 Å². The van der Waals surface area contributed by atoms with Crippen LogP contribution in [-0.2, 0) is 6.18 Å². The molecule has 3 aromatic carbocycles. The highest BCUT2D eigenvalue weighted by Gasteiger charge is 2.31. The van der Waals surface area contributed by atoms with Crippen LogP contribution in [0.4, 0.5) is 13.2 Å². The van der Waals surface area contributed by atoms with Crippen LogP contribution in [0.5, 0.6) is 5.75 Å². The van der Waals surface area contributed by atoms with Gasteiger partial charge in [0.1, 0.15) is 5.75 Å². The van der Waals surface area contributed by atoms with E-state index in [2.05, 4.69) is 5.10 Å². The van der Waals surface area contributed by atoms with Gasteiger partial charge in [-0.05, 0) is 36.4 Å². The smallest absolute Gasteiger partial charge is 0.416 e. The fourth-order valence-corrected chi connectivity index (χ4v) is 2.98. The van der Waals surface area contributed by atoms with Crippen molar-refractivity contribution in [3.05, 3.63) is 100 Å². The predicted molar refractivity (Wildman–Crippen MR) is 104 cm³/mol. The van der Waals surface area contributed by atoms with Gasteiger partial charge in [-0.15, -0.1) is 0 Å². The summed E-state index contributed by atoms with van der Waals surface area (Å²) in [4.78, 5) is 25.6. The number of hydrogen-bond donors (Lipinski definition) is 0. The lowest BCUT2D eigenvalue weighted by atomic mass is 10.1. The summed E-state index contributed by atoms with van der Waals surface area (Å²) in [5, 5.41) is 4.62. The van der Waals surface area contributed by atoms with Crippen LogP contribution >= 0.6 is 0 Å². The monoisotopic (exact) mass is 410 g/mol. The molecule has 0 aliphatic carbocycles. The van der Waals surface area contributed by atoms with Crippen molar-refractivity contribution in [2.45, 2.75) is 6.18 Å². The number of halogens is 3. The van der Waals surface area contributed by atoms with Crippen molar-refractivity contribution in [3.8, 4) is 11.4 Å². The van der Waals surface area contributed by atoms with Crippen molar-refractivity contribution >= 4 is 16.7 Å². The fourth-order valence-electron chi connectivity index (χ4n) is 2.98. The lowest BCUT2D eigenvalue weighted by molar-refractivity contribution is -0.137. The van der Waals surface area contributed by atoms with Gasteiger partial charge in [0.05, 0.1) is 16.6 Å². The molecule has 5 nitrogen and oxygen atoms in total. The summed E-state index contributed by atoms with van der Waals surface area (Å²) in [5.41, 5.74) is -1.14. The van der Waals surface area contributed by atoms with E-state index in [0.29, 0.717) is 5.69 Å². The standard InChI is InChI=1S/C22H13F3N2O3/c23-22(24,25)14-7-6-10-16(13-14)30-21(29)19-17-11-4-5-12-18(17)20(28)27(26-19)15-8-2-1-3-9-15/h1-13H. The third-order valence-electron chi connectivity index (χ3n) is 4.37. The molecule has 0 fully saturated rings. The molecule has 0 saturated carbocycles. The maximum atomic E-state index is 12.9. The van der Waals surface area contributed by atoms with Crippen LogP contribution in [0.1, 0.15) is 16.1 Å². The second kappa shape index (κ2) is 7.47. The van der Waals surface area contributed by atoms with Crippen LogP contribution in [0.15, 0.2) is 83.7 Å². The molecule has 0 aliphatic heterocycles. The molecule has 0 spiro atoms. The van der Waals surface area contributed by atoms with Crippen LogP contribution in [0.3, 0.4) is 0 Å². The Morgan fingerprint density at radius 1 is 0.867 bits per heavy atom. The maximum absolute atomic E-state index is 12.9. The molecule has 8 heteroatoms. The number of nitrogens with zero attached hydrogens (tertiary/aromatic N) is 2. The van der Waals surface area contributed by atoms with Crippen LogP contribution in [0.2, 0.25) is 0 Å². The summed E-state index contributed by atoms with van der Waals surface area (Å²) in [6.07, 6.45) is -4.58. The largest absolute Gasteiger partial charge is 0.422 e. The van der Waals surface area contributed by atoms with Crippen molar-refractivity contribution in [3.63, 3.8) is 0 Å². The van der Waals surface area contributed by atoms with Crippen molar-refractivity contribution in [1.82, 2.24) is 9.78 Å². The van der Waals surface area contributed by atoms with E-state index in [1.54, 1.807) is 48.5 Å². The zero-order valence-electron chi connectivity index (χ0n) is 15.3. The van der Waals surface area contributed by atoms with Crippen LogP contribution in [0, 0.1) is 0 Å². The first-order valence-electron chi connectivity index (χ1n) is 8.81. The number of fused-ring (bicyclic) bond motifs is 1. The Labute approximate surface area is 168 Å². The fraction of sp³-hybridized carbons (Fsp3) is 0.0455. The van der Waals surface area contributed by atoms with Gasteiger partial charge < -0.3 is 4.74 Å². The van der Waals surface area contributed by atoms with Gasteiger partial charge in [-0.3, -0.25) is 4.79 Å². The quantitative estimate of drug-likeness (QED) is 0.365. The Morgan fingerprint density at radius 3 is 2.23 bits per heavy atom. The highest BCUT2D eigenvalue weighted by atomic mass is 19.4. The molecule has 0 N–H and O–H groups in total. The van der Waals surface area contributed by atoms with Gasteiger partial charge >= 0.3 is 12.1 Å². The Bertz CT molecular complexity index is 1300. The normalized spacial score (nSPS) is 11.4. The molecule has 0 amide bonds. The van der Waals surface area contributed by atoms with Gasteiger partial charge in [0, 0.05) is 5.39 Å². The van der Waals surface area contributed by atoms with E-state index in [4.69, 9.17) is 4.74 Å². The van der Waals surface area contributed by atoms with E-state index in [9.17, 15) is 22.8 Å². The minimum Gasteiger partial charge on any atom is -0.422 e. The molecule has 4 rings (SSSR count). The summed E-state index contributed by atoms with van der Waals surface area (Å²) in [5.74, 6) is -1.26. The number of aromatic nitrogens is 2. The highest BCUT2D eigenvalue weighted by Crippen LogP contribution is 2.31. The molecule has 0 unspecified atom stereocenters.